The number of ketones is 2. The molecule has 1 unspecified atom stereocenters. The van der Waals surface area contributed by atoms with E-state index in [-0.39, 0.29) is 11.6 Å². The standard InChI is InChI=1S/C22H22N2O2/c25-21-16-5-1-2-6-17(16)22(26)19-13-15(8-9-18(19)21)14-24-12-4-11-23-10-3-7-20(23)24/h1-2,5-6,8-9,13,20H,3-4,7,10-12,14H2. The molecule has 0 aromatic heterocycles. The molecule has 2 fully saturated rings. The molecule has 2 heterocycles. The van der Waals surface area contributed by atoms with Gasteiger partial charge in [0.1, 0.15) is 0 Å². The van der Waals surface area contributed by atoms with Crippen LogP contribution in [-0.4, -0.2) is 47.2 Å². The molecule has 0 spiro atoms. The molecule has 0 radical (unpaired) electrons. The second-order valence-corrected chi connectivity index (χ2v) is 7.57. The van der Waals surface area contributed by atoms with Gasteiger partial charge in [0.2, 0.25) is 0 Å². The van der Waals surface area contributed by atoms with Crippen molar-refractivity contribution in [1.29, 1.82) is 0 Å². The lowest BCUT2D eigenvalue weighted by molar-refractivity contribution is 0.0286. The van der Waals surface area contributed by atoms with E-state index < -0.39 is 0 Å². The zero-order valence-electron chi connectivity index (χ0n) is 14.8. The molecule has 0 amide bonds. The molecule has 1 aliphatic carbocycles. The van der Waals surface area contributed by atoms with Crippen LogP contribution in [0.2, 0.25) is 0 Å². The lowest BCUT2D eigenvalue weighted by Gasteiger charge is -2.40. The minimum absolute atomic E-state index is 0.0295. The van der Waals surface area contributed by atoms with E-state index in [1.807, 2.05) is 30.3 Å². The summed E-state index contributed by atoms with van der Waals surface area (Å²) in [6.07, 6.45) is 4.25. The predicted molar refractivity (Wildman–Crippen MR) is 99.4 cm³/mol. The van der Waals surface area contributed by atoms with Crippen molar-refractivity contribution in [3.05, 3.63) is 70.3 Å². The van der Waals surface area contributed by atoms with Crippen LogP contribution in [0, 0.1) is 0 Å². The van der Waals surface area contributed by atoms with Crippen LogP contribution in [0.4, 0.5) is 0 Å². The van der Waals surface area contributed by atoms with Crippen LogP contribution in [0.3, 0.4) is 0 Å². The summed E-state index contributed by atoms with van der Waals surface area (Å²) in [5.74, 6) is -0.0696. The summed E-state index contributed by atoms with van der Waals surface area (Å²) >= 11 is 0. The van der Waals surface area contributed by atoms with E-state index in [1.165, 1.54) is 32.4 Å². The van der Waals surface area contributed by atoms with Crippen LogP contribution < -0.4 is 0 Å². The average Bonchev–Trinajstić information content (AvgIpc) is 3.16. The van der Waals surface area contributed by atoms with Gasteiger partial charge in [-0.2, -0.15) is 0 Å². The molecular weight excluding hydrogens is 324 g/mol. The fraction of sp³-hybridized carbons (Fsp3) is 0.364. The fourth-order valence-electron chi connectivity index (χ4n) is 4.77. The zero-order chi connectivity index (χ0) is 17.7. The van der Waals surface area contributed by atoms with Gasteiger partial charge in [0.25, 0.3) is 0 Å². The summed E-state index contributed by atoms with van der Waals surface area (Å²) < 4.78 is 0. The van der Waals surface area contributed by atoms with Crippen LogP contribution in [0.1, 0.15) is 56.7 Å². The van der Waals surface area contributed by atoms with Crippen molar-refractivity contribution in [3.63, 3.8) is 0 Å². The molecule has 132 valence electrons. The quantitative estimate of drug-likeness (QED) is 0.715. The maximum atomic E-state index is 12.9. The smallest absolute Gasteiger partial charge is 0.194 e. The molecule has 2 saturated heterocycles. The number of carbonyl (C=O) groups is 2. The second-order valence-electron chi connectivity index (χ2n) is 7.57. The Morgan fingerprint density at radius 2 is 1.50 bits per heavy atom. The minimum atomic E-state index is -0.0401. The first-order valence-corrected chi connectivity index (χ1v) is 9.52. The number of rotatable bonds is 2. The van der Waals surface area contributed by atoms with E-state index in [2.05, 4.69) is 9.80 Å². The highest BCUT2D eigenvalue weighted by atomic mass is 16.1. The summed E-state index contributed by atoms with van der Waals surface area (Å²) in [5.41, 5.74) is 3.28. The van der Waals surface area contributed by atoms with Gasteiger partial charge in [0.15, 0.2) is 11.6 Å². The van der Waals surface area contributed by atoms with Gasteiger partial charge >= 0.3 is 0 Å². The average molecular weight is 346 g/mol. The largest absolute Gasteiger partial charge is 0.289 e. The third kappa shape index (κ3) is 2.44. The topological polar surface area (TPSA) is 40.6 Å². The van der Waals surface area contributed by atoms with E-state index in [9.17, 15) is 9.59 Å². The summed E-state index contributed by atoms with van der Waals surface area (Å²) in [6, 6.07) is 12.9. The summed E-state index contributed by atoms with van der Waals surface area (Å²) in [6.45, 7) is 4.36. The van der Waals surface area contributed by atoms with Gasteiger partial charge in [0, 0.05) is 41.9 Å². The second kappa shape index (κ2) is 6.15. The SMILES string of the molecule is O=C1c2ccccc2C(=O)c2cc(CN3CCCN4CCCC43)ccc21. The summed E-state index contributed by atoms with van der Waals surface area (Å²) in [5, 5.41) is 0. The fourth-order valence-corrected chi connectivity index (χ4v) is 4.77. The summed E-state index contributed by atoms with van der Waals surface area (Å²) in [7, 11) is 0. The highest BCUT2D eigenvalue weighted by Crippen LogP contribution is 2.30. The molecular formula is C22H22N2O2. The lowest BCUT2D eigenvalue weighted by Crippen LogP contribution is -2.49. The first-order valence-electron chi connectivity index (χ1n) is 9.52. The predicted octanol–water partition coefficient (Wildman–Crippen LogP) is 3.09. The minimum Gasteiger partial charge on any atom is -0.289 e. The Labute approximate surface area is 153 Å². The van der Waals surface area contributed by atoms with Crippen LogP contribution in [0.15, 0.2) is 42.5 Å². The number of hydrogen-bond acceptors (Lipinski definition) is 4. The first-order chi connectivity index (χ1) is 12.7. The van der Waals surface area contributed by atoms with Crippen molar-refractivity contribution in [1.82, 2.24) is 9.80 Å². The van der Waals surface area contributed by atoms with E-state index in [0.29, 0.717) is 28.4 Å². The van der Waals surface area contributed by atoms with Crippen molar-refractivity contribution >= 4 is 11.6 Å². The van der Waals surface area contributed by atoms with Gasteiger partial charge in [0.05, 0.1) is 6.17 Å². The summed E-state index contributed by atoms with van der Waals surface area (Å²) in [4.78, 5) is 30.7. The van der Waals surface area contributed by atoms with Crippen molar-refractivity contribution in [2.24, 2.45) is 0 Å². The number of benzene rings is 2. The number of hydrogen-bond donors (Lipinski definition) is 0. The van der Waals surface area contributed by atoms with Crippen molar-refractivity contribution in [3.8, 4) is 0 Å². The van der Waals surface area contributed by atoms with E-state index >= 15 is 0 Å². The monoisotopic (exact) mass is 346 g/mol. The van der Waals surface area contributed by atoms with Crippen molar-refractivity contribution in [2.75, 3.05) is 19.6 Å². The Morgan fingerprint density at radius 1 is 0.808 bits per heavy atom. The molecule has 1 atom stereocenters. The van der Waals surface area contributed by atoms with Crippen molar-refractivity contribution in [2.45, 2.75) is 32.0 Å². The van der Waals surface area contributed by atoms with Gasteiger partial charge in [-0.3, -0.25) is 19.4 Å². The van der Waals surface area contributed by atoms with Crippen LogP contribution in [-0.2, 0) is 6.54 Å². The number of nitrogens with zero attached hydrogens (tertiary/aromatic N) is 2. The normalized spacial score (nSPS) is 22.8. The Bertz CT molecular complexity index is 905. The Balaban J connectivity index is 1.46. The molecule has 2 aromatic carbocycles. The van der Waals surface area contributed by atoms with Gasteiger partial charge in [-0.15, -0.1) is 0 Å². The van der Waals surface area contributed by atoms with E-state index in [4.69, 9.17) is 0 Å². The molecule has 3 aliphatic rings. The Kier molecular flexibility index (Phi) is 3.76. The van der Waals surface area contributed by atoms with Crippen LogP contribution >= 0.6 is 0 Å². The molecule has 2 aliphatic heterocycles. The van der Waals surface area contributed by atoms with E-state index in [1.54, 1.807) is 12.1 Å². The number of fused-ring (bicyclic) bond motifs is 3. The van der Waals surface area contributed by atoms with Gasteiger partial charge < -0.3 is 0 Å². The highest BCUT2D eigenvalue weighted by molar-refractivity contribution is 6.28. The first kappa shape index (κ1) is 15.9. The van der Waals surface area contributed by atoms with Crippen molar-refractivity contribution < 1.29 is 9.59 Å². The third-order valence-corrected chi connectivity index (χ3v) is 6.02. The maximum Gasteiger partial charge on any atom is 0.194 e. The highest BCUT2D eigenvalue weighted by Gasteiger charge is 2.33. The molecule has 4 nitrogen and oxygen atoms in total. The van der Waals surface area contributed by atoms with Crippen LogP contribution in [0.5, 0.6) is 0 Å². The Morgan fingerprint density at radius 3 is 2.31 bits per heavy atom. The van der Waals surface area contributed by atoms with Gasteiger partial charge in [-0.25, -0.2) is 0 Å². The van der Waals surface area contributed by atoms with Gasteiger partial charge in [-0.1, -0.05) is 30.3 Å². The lowest BCUT2D eigenvalue weighted by atomic mass is 9.83. The molecule has 5 rings (SSSR count). The number of carbonyl (C=O) groups excluding carboxylic acids is 2. The van der Waals surface area contributed by atoms with Crippen LogP contribution in [0.25, 0.3) is 0 Å². The molecule has 26 heavy (non-hydrogen) atoms. The van der Waals surface area contributed by atoms with E-state index in [0.717, 1.165) is 18.7 Å². The molecule has 2 aromatic rings. The van der Waals surface area contributed by atoms with Gasteiger partial charge in [-0.05, 0) is 43.5 Å². The third-order valence-electron chi connectivity index (χ3n) is 6.02. The molecule has 0 N–H and O–H groups in total. The molecule has 0 saturated carbocycles. The maximum absolute atomic E-state index is 12.9. The zero-order valence-corrected chi connectivity index (χ0v) is 14.8. The molecule has 0 bridgehead atoms. The molecule has 4 heteroatoms. The Hall–Kier alpha value is -2.30.